The van der Waals surface area contributed by atoms with Crippen LogP contribution < -0.4 is 14.8 Å². The highest BCUT2D eigenvalue weighted by Gasteiger charge is 2.23. The second kappa shape index (κ2) is 7.13. The Balaban J connectivity index is 1.56. The van der Waals surface area contributed by atoms with Gasteiger partial charge in [-0.3, -0.25) is 0 Å². The minimum atomic E-state index is 0.159. The third kappa shape index (κ3) is 2.96. The fourth-order valence-electron chi connectivity index (χ4n) is 3.62. The van der Waals surface area contributed by atoms with Gasteiger partial charge < -0.3 is 14.8 Å². The molecule has 4 aromatic rings. The molecular formula is C22H19N3O2S. The van der Waals surface area contributed by atoms with Crippen molar-refractivity contribution in [1.29, 1.82) is 0 Å². The molecule has 0 amide bonds. The van der Waals surface area contributed by atoms with Crippen LogP contribution in [0.2, 0.25) is 0 Å². The zero-order valence-electron chi connectivity index (χ0n) is 15.4. The van der Waals surface area contributed by atoms with Crippen LogP contribution in [0.3, 0.4) is 0 Å². The predicted molar refractivity (Wildman–Crippen MR) is 112 cm³/mol. The average Bonchev–Trinajstić information content (AvgIpc) is 3.19. The van der Waals surface area contributed by atoms with Crippen LogP contribution >= 0.6 is 11.3 Å². The van der Waals surface area contributed by atoms with E-state index in [2.05, 4.69) is 38.9 Å². The summed E-state index contributed by atoms with van der Waals surface area (Å²) < 4.78 is 11.1. The van der Waals surface area contributed by atoms with Gasteiger partial charge in [0.15, 0.2) is 0 Å². The maximum atomic E-state index is 5.80. The SMILES string of the molecule is COc1ccc(-c2csc3ncnc(N[C@H]4CCOc5ccccc54)c23)cc1. The molecule has 1 N–H and O–H groups in total. The standard InChI is InChI=1S/C22H19N3O2S/c1-26-15-8-6-14(7-9-15)17-12-28-22-20(17)21(23-13-24-22)25-18-10-11-27-19-5-3-2-4-16(18)19/h2-9,12-13,18H,10-11H2,1H3,(H,23,24,25)/t18-/m0/s1. The van der Waals surface area contributed by atoms with Crippen LogP contribution in [0.5, 0.6) is 11.5 Å². The van der Waals surface area contributed by atoms with Gasteiger partial charge in [-0.25, -0.2) is 9.97 Å². The van der Waals surface area contributed by atoms with Gasteiger partial charge >= 0.3 is 0 Å². The Hall–Kier alpha value is -3.12. The van der Waals surface area contributed by atoms with E-state index in [0.29, 0.717) is 6.61 Å². The number of aromatic nitrogens is 2. The van der Waals surface area contributed by atoms with Gasteiger partial charge in [-0.05, 0) is 23.8 Å². The molecule has 0 unspecified atom stereocenters. The van der Waals surface area contributed by atoms with E-state index in [-0.39, 0.29) is 6.04 Å². The number of nitrogens with one attached hydrogen (secondary N) is 1. The number of thiophene rings is 1. The highest BCUT2D eigenvalue weighted by molar-refractivity contribution is 7.17. The van der Waals surface area contributed by atoms with Gasteiger partial charge in [-0.2, -0.15) is 0 Å². The number of anilines is 1. The van der Waals surface area contributed by atoms with E-state index in [4.69, 9.17) is 9.47 Å². The second-order valence-corrected chi connectivity index (χ2v) is 7.51. The molecule has 0 saturated heterocycles. The molecular weight excluding hydrogens is 370 g/mol. The number of fused-ring (bicyclic) bond motifs is 2. The summed E-state index contributed by atoms with van der Waals surface area (Å²) in [6, 6.07) is 16.4. The summed E-state index contributed by atoms with van der Waals surface area (Å²) in [5, 5.41) is 6.85. The third-order valence-corrected chi connectivity index (χ3v) is 5.93. The summed E-state index contributed by atoms with van der Waals surface area (Å²) >= 11 is 1.63. The van der Waals surface area contributed by atoms with E-state index in [0.717, 1.165) is 45.1 Å². The fraction of sp³-hybridized carbons (Fsp3) is 0.182. The monoisotopic (exact) mass is 389 g/mol. The molecule has 2 aromatic carbocycles. The van der Waals surface area contributed by atoms with Crippen molar-refractivity contribution < 1.29 is 9.47 Å². The number of benzene rings is 2. The first-order chi connectivity index (χ1) is 13.8. The minimum absolute atomic E-state index is 0.159. The Morgan fingerprint density at radius 2 is 1.96 bits per heavy atom. The van der Waals surface area contributed by atoms with Crippen molar-refractivity contribution in [2.75, 3.05) is 19.0 Å². The van der Waals surface area contributed by atoms with E-state index in [9.17, 15) is 0 Å². The molecule has 0 aliphatic carbocycles. The lowest BCUT2D eigenvalue weighted by molar-refractivity contribution is 0.274. The van der Waals surface area contributed by atoms with Gasteiger partial charge in [-0.1, -0.05) is 30.3 Å². The van der Waals surface area contributed by atoms with Crippen LogP contribution in [-0.2, 0) is 0 Å². The molecule has 0 bridgehead atoms. The van der Waals surface area contributed by atoms with Crippen LogP contribution in [0.1, 0.15) is 18.0 Å². The fourth-order valence-corrected chi connectivity index (χ4v) is 4.54. The van der Waals surface area contributed by atoms with Crippen molar-refractivity contribution in [3.63, 3.8) is 0 Å². The molecule has 140 valence electrons. The van der Waals surface area contributed by atoms with Crippen molar-refractivity contribution in [2.45, 2.75) is 12.5 Å². The van der Waals surface area contributed by atoms with E-state index in [1.54, 1.807) is 24.8 Å². The summed E-state index contributed by atoms with van der Waals surface area (Å²) in [6.45, 7) is 0.692. The van der Waals surface area contributed by atoms with Crippen LogP contribution in [-0.4, -0.2) is 23.7 Å². The quantitative estimate of drug-likeness (QED) is 0.513. The number of rotatable bonds is 4. The number of nitrogens with zero attached hydrogens (tertiary/aromatic N) is 2. The molecule has 5 nitrogen and oxygen atoms in total. The lowest BCUT2D eigenvalue weighted by Gasteiger charge is -2.27. The van der Waals surface area contributed by atoms with E-state index in [1.807, 2.05) is 30.3 Å². The lowest BCUT2D eigenvalue weighted by Crippen LogP contribution is -2.20. The smallest absolute Gasteiger partial charge is 0.139 e. The van der Waals surface area contributed by atoms with Gasteiger partial charge in [0.25, 0.3) is 0 Å². The molecule has 1 aliphatic rings. The Morgan fingerprint density at radius 3 is 2.82 bits per heavy atom. The molecule has 6 heteroatoms. The summed E-state index contributed by atoms with van der Waals surface area (Å²) in [4.78, 5) is 10.0. The summed E-state index contributed by atoms with van der Waals surface area (Å²) in [5.41, 5.74) is 3.42. The molecule has 1 atom stereocenters. The first kappa shape index (κ1) is 17.0. The van der Waals surface area contributed by atoms with Gasteiger partial charge in [-0.15, -0.1) is 11.3 Å². The number of para-hydroxylation sites is 1. The molecule has 0 radical (unpaired) electrons. The van der Waals surface area contributed by atoms with Gasteiger partial charge in [0, 0.05) is 22.9 Å². The summed E-state index contributed by atoms with van der Waals surface area (Å²) in [7, 11) is 1.68. The van der Waals surface area contributed by atoms with Crippen LogP contribution in [0, 0.1) is 0 Å². The highest BCUT2D eigenvalue weighted by atomic mass is 32.1. The minimum Gasteiger partial charge on any atom is -0.497 e. The molecule has 0 saturated carbocycles. The Kier molecular flexibility index (Phi) is 4.33. The number of ether oxygens (including phenoxy) is 2. The zero-order valence-corrected chi connectivity index (χ0v) is 16.2. The molecule has 0 spiro atoms. The van der Waals surface area contributed by atoms with Gasteiger partial charge in [0.2, 0.25) is 0 Å². The molecule has 28 heavy (non-hydrogen) atoms. The van der Waals surface area contributed by atoms with Crippen LogP contribution in [0.15, 0.2) is 60.2 Å². The molecule has 5 rings (SSSR count). The topological polar surface area (TPSA) is 56.3 Å². The van der Waals surface area contributed by atoms with Crippen LogP contribution in [0.25, 0.3) is 21.3 Å². The van der Waals surface area contributed by atoms with Crippen molar-refractivity contribution in [1.82, 2.24) is 9.97 Å². The maximum absolute atomic E-state index is 5.80. The molecule has 2 aromatic heterocycles. The van der Waals surface area contributed by atoms with Gasteiger partial charge in [0.05, 0.1) is 25.1 Å². The van der Waals surface area contributed by atoms with E-state index in [1.165, 1.54) is 5.56 Å². The number of hydrogen-bond donors (Lipinski definition) is 1. The Morgan fingerprint density at radius 1 is 1.11 bits per heavy atom. The molecule has 0 fully saturated rings. The normalized spacial score (nSPS) is 15.7. The first-order valence-corrected chi connectivity index (χ1v) is 10.1. The Labute approximate surface area is 167 Å². The summed E-state index contributed by atoms with van der Waals surface area (Å²) in [5.74, 6) is 2.65. The van der Waals surface area contributed by atoms with Crippen molar-refractivity contribution in [3.8, 4) is 22.6 Å². The van der Waals surface area contributed by atoms with Crippen molar-refractivity contribution in [3.05, 3.63) is 65.8 Å². The average molecular weight is 389 g/mol. The van der Waals surface area contributed by atoms with E-state index >= 15 is 0 Å². The molecule has 3 heterocycles. The zero-order chi connectivity index (χ0) is 18.9. The Bertz CT molecular complexity index is 1120. The van der Waals surface area contributed by atoms with Crippen molar-refractivity contribution in [2.24, 2.45) is 0 Å². The number of hydrogen-bond acceptors (Lipinski definition) is 6. The highest BCUT2D eigenvalue weighted by Crippen LogP contribution is 2.40. The predicted octanol–water partition coefficient (Wildman–Crippen LogP) is 5.30. The summed E-state index contributed by atoms with van der Waals surface area (Å²) in [6.07, 6.45) is 2.52. The van der Waals surface area contributed by atoms with Crippen molar-refractivity contribution >= 4 is 27.4 Å². The van der Waals surface area contributed by atoms with E-state index < -0.39 is 0 Å². The third-order valence-electron chi connectivity index (χ3n) is 5.04. The second-order valence-electron chi connectivity index (χ2n) is 6.65. The maximum Gasteiger partial charge on any atom is 0.139 e. The molecule has 1 aliphatic heterocycles. The first-order valence-electron chi connectivity index (χ1n) is 9.18. The van der Waals surface area contributed by atoms with Crippen LogP contribution in [0.4, 0.5) is 5.82 Å². The number of methoxy groups -OCH3 is 1. The lowest BCUT2D eigenvalue weighted by atomic mass is 10.00. The van der Waals surface area contributed by atoms with Gasteiger partial charge in [0.1, 0.15) is 28.5 Å². The largest absolute Gasteiger partial charge is 0.497 e.